The number of carbonyl (C=O) groups is 1. The van der Waals surface area contributed by atoms with Gasteiger partial charge in [0, 0.05) is 38.9 Å². The third kappa shape index (κ3) is 7.11. The quantitative estimate of drug-likeness (QED) is 0.707. The van der Waals surface area contributed by atoms with Gasteiger partial charge in [-0.25, -0.2) is 4.79 Å². The molecule has 26 heavy (non-hydrogen) atoms. The summed E-state index contributed by atoms with van der Waals surface area (Å²) >= 11 is 0. The largest absolute Gasteiger partial charge is 0.477 e. The highest BCUT2D eigenvalue weighted by atomic mass is 35.5. The van der Waals surface area contributed by atoms with Crippen LogP contribution in [0.25, 0.3) is 0 Å². The zero-order valence-corrected chi connectivity index (χ0v) is 16.1. The van der Waals surface area contributed by atoms with Gasteiger partial charge in [-0.2, -0.15) is 13.2 Å². The van der Waals surface area contributed by atoms with E-state index in [0.717, 1.165) is 23.9 Å². The number of hydrogen-bond acceptors (Lipinski definition) is 4. The van der Waals surface area contributed by atoms with Crippen LogP contribution < -0.4 is 5.73 Å². The number of alkyl halides is 3. The van der Waals surface area contributed by atoms with Crippen molar-refractivity contribution in [1.29, 1.82) is 0 Å². The average molecular weight is 439 g/mol. The van der Waals surface area contributed by atoms with Crippen molar-refractivity contribution in [3.63, 3.8) is 0 Å². The van der Waals surface area contributed by atoms with Crippen LogP contribution in [0.1, 0.15) is 11.1 Å². The number of carboxylic acids is 1. The molecule has 5 nitrogen and oxygen atoms in total. The summed E-state index contributed by atoms with van der Waals surface area (Å²) in [6, 6.07) is 5.09. The van der Waals surface area contributed by atoms with E-state index in [1.165, 1.54) is 12.1 Å². The van der Waals surface area contributed by atoms with Crippen LogP contribution in [0.2, 0.25) is 0 Å². The number of hydrogen-bond donors (Lipinski definition) is 2. The van der Waals surface area contributed by atoms with E-state index < -0.39 is 17.7 Å². The molecule has 3 N–H and O–H groups in total. The zero-order valence-electron chi connectivity index (χ0n) is 13.6. The molecule has 0 bridgehead atoms. The normalized spacial score (nSPS) is 15.3. The Kier molecular flexibility index (Phi) is 11.8. The second-order valence-corrected chi connectivity index (χ2v) is 5.31. The van der Waals surface area contributed by atoms with Gasteiger partial charge in [0.15, 0.2) is 0 Å². The number of rotatable bonds is 4. The lowest BCUT2D eigenvalue weighted by molar-refractivity contribution is -0.137. The van der Waals surface area contributed by atoms with E-state index >= 15 is 0 Å². The zero-order chi connectivity index (χ0) is 17.0. The highest BCUT2D eigenvalue weighted by Gasteiger charge is 2.30. The average Bonchev–Trinajstić information content (AvgIpc) is 2.49. The lowest BCUT2D eigenvalue weighted by Gasteiger charge is -2.36. The van der Waals surface area contributed by atoms with Crippen LogP contribution >= 0.6 is 37.2 Å². The lowest BCUT2D eigenvalue weighted by atomic mass is 10.1. The minimum Gasteiger partial charge on any atom is -0.477 e. The molecular formula is C15H21Cl3F3N3O2. The third-order valence-electron chi connectivity index (χ3n) is 3.78. The Hall–Kier alpha value is -1.35. The van der Waals surface area contributed by atoms with Gasteiger partial charge in [0.25, 0.3) is 0 Å². The van der Waals surface area contributed by atoms with Crippen molar-refractivity contribution in [2.24, 2.45) is 5.73 Å². The van der Waals surface area contributed by atoms with Crippen molar-refractivity contribution < 1.29 is 23.1 Å². The van der Waals surface area contributed by atoms with Crippen molar-refractivity contribution in [1.82, 2.24) is 9.80 Å². The molecular weight excluding hydrogens is 418 g/mol. The van der Waals surface area contributed by atoms with Crippen LogP contribution in [-0.2, 0) is 17.5 Å². The van der Waals surface area contributed by atoms with Gasteiger partial charge in [0.05, 0.1) is 5.56 Å². The second kappa shape index (κ2) is 11.4. The fourth-order valence-corrected chi connectivity index (χ4v) is 2.52. The molecule has 0 radical (unpaired) electrons. The summed E-state index contributed by atoms with van der Waals surface area (Å²) in [4.78, 5) is 14.8. The SMILES string of the molecule is Cl.Cl.Cl.N/C=C(/C(=O)O)N1CCN(Cc2ccc(C(F)(F)F)cc2)CC1. The van der Waals surface area contributed by atoms with Crippen molar-refractivity contribution in [3.8, 4) is 0 Å². The van der Waals surface area contributed by atoms with E-state index in [9.17, 15) is 18.0 Å². The van der Waals surface area contributed by atoms with Crippen LogP contribution in [0.4, 0.5) is 13.2 Å². The van der Waals surface area contributed by atoms with E-state index in [4.69, 9.17) is 10.8 Å². The molecule has 2 rings (SSSR count). The van der Waals surface area contributed by atoms with Crippen LogP contribution in [-0.4, -0.2) is 47.1 Å². The molecule has 1 aliphatic heterocycles. The van der Waals surface area contributed by atoms with Gasteiger partial charge in [-0.05, 0) is 17.7 Å². The van der Waals surface area contributed by atoms with Gasteiger partial charge < -0.3 is 15.7 Å². The number of aliphatic carboxylic acids is 1. The van der Waals surface area contributed by atoms with Crippen LogP contribution in [0.3, 0.4) is 0 Å². The number of nitrogens with zero attached hydrogens (tertiary/aromatic N) is 2. The number of halogens is 6. The van der Waals surface area contributed by atoms with Gasteiger partial charge in [0.1, 0.15) is 5.70 Å². The standard InChI is InChI=1S/C15H18F3N3O2.3ClH/c16-15(17,18)12-3-1-11(2-4-12)10-20-5-7-21(8-6-20)13(9-19)14(22)23;;;/h1-4,9H,5-8,10,19H2,(H,22,23);3*1H/b13-9-;;;. The molecule has 1 fully saturated rings. The summed E-state index contributed by atoms with van der Waals surface area (Å²) < 4.78 is 37.5. The first-order valence-electron chi connectivity index (χ1n) is 7.10. The third-order valence-corrected chi connectivity index (χ3v) is 3.78. The van der Waals surface area contributed by atoms with Gasteiger partial charge in [-0.15, -0.1) is 37.2 Å². The van der Waals surface area contributed by atoms with Crippen LogP contribution in [0, 0.1) is 0 Å². The monoisotopic (exact) mass is 437 g/mol. The van der Waals surface area contributed by atoms with Crippen molar-refractivity contribution in [2.75, 3.05) is 26.2 Å². The molecule has 1 aliphatic rings. The van der Waals surface area contributed by atoms with Gasteiger partial charge in [-0.3, -0.25) is 4.90 Å². The Morgan fingerprint density at radius 3 is 1.96 bits per heavy atom. The van der Waals surface area contributed by atoms with E-state index in [-0.39, 0.29) is 42.9 Å². The number of carboxylic acid groups (broad SMARTS) is 1. The summed E-state index contributed by atoms with van der Waals surface area (Å²) in [7, 11) is 0. The predicted octanol–water partition coefficient (Wildman–Crippen LogP) is 2.97. The van der Waals surface area contributed by atoms with Gasteiger partial charge >= 0.3 is 12.1 Å². The lowest BCUT2D eigenvalue weighted by Crippen LogP contribution is -2.46. The minimum absolute atomic E-state index is 0. The number of benzene rings is 1. The first-order valence-corrected chi connectivity index (χ1v) is 7.10. The molecule has 1 heterocycles. The summed E-state index contributed by atoms with van der Waals surface area (Å²) in [6.45, 7) is 2.78. The molecule has 1 aromatic rings. The minimum atomic E-state index is -4.33. The van der Waals surface area contributed by atoms with E-state index in [0.29, 0.717) is 32.7 Å². The van der Waals surface area contributed by atoms with E-state index in [2.05, 4.69) is 4.90 Å². The molecule has 1 aromatic carbocycles. The summed E-state index contributed by atoms with van der Waals surface area (Å²) in [5.41, 5.74) is 5.52. The van der Waals surface area contributed by atoms with E-state index in [1.54, 1.807) is 4.90 Å². The van der Waals surface area contributed by atoms with Crippen LogP contribution in [0.5, 0.6) is 0 Å². The van der Waals surface area contributed by atoms with Crippen LogP contribution in [0.15, 0.2) is 36.2 Å². The molecule has 150 valence electrons. The molecule has 0 saturated carbocycles. The maximum Gasteiger partial charge on any atom is 0.416 e. The fraction of sp³-hybridized carbons (Fsp3) is 0.400. The molecule has 0 amide bonds. The Labute approximate surface area is 168 Å². The molecule has 1 saturated heterocycles. The number of piperazine rings is 1. The molecule has 0 aromatic heterocycles. The molecule has 0 unspecified atom stereocenters. The summed E-state index contributed by atoms with van der Waals surface area (Å²) in [5, 5.41) is 9.02. The Bertz CT molecular complexity index is 590. The highest BCUT2D eigenvalue weighted by Crippen LogP contribution is 2.29. The smallest absolute Gasteiger partial charge is 0.416 e. The molecule has 11 heteroatoms. The Balaban J connectivity index is 0. The maximum atomic E-state index is 12.5. The second-order valence-electron chi connectivity index (χ2n) is 5.31. The predicted molar refractivity (Wildman–Crippen MR) is 99.9 cm³/mol. The van der Waals surface area contributed by atoms with Gasteiger partial charge in [-0.1, -0.05) is 12.1 Å². The topological polar surface area (TPSA) is 69.8 Å². The highest BCUT2D eigenvalue weighted by molar-refractivity contribution is 5.86. The van der Waals surface area contributed by atoms with Crippen molar-refractivity contribution in [2.45, 2.75) is 12.7 Å². The Morgan fingerprint density at radius 1 is 1.08 bits per heavy atom. The van der Waals surface area contributed by atoms with Crippen molar-refractivity contribution >= 4 is 43.2 Å². The van der Waals surface area contributed by atoms with Gasteiger partial charge in [0.2, 0.25) is 0 Å². The number of nitrogens with two attached hydrogens (primary N) is 1. The van der Waals surface area contributed by atoms with Crippen molar-refractivity contribution in [3.05, 3.63) is 47.3 Å². The first-order chi connectivity index (χ1) is 10.8. The fourth-order valence-electron chi connectivity index (χ4n) is 2.52. The summed E-state index contributed by atoms with van der Waals surface area (Å²) in [6.07, 6.45) is -3.25. The van der Waals surface area contributed by atoms with E-state index in [1.807, 2.05) is 0 Å². The molecule has 0 atom stereocenters. The molecule has 0 aliphatic carbocycles. The maximum absolute atomic E-state index is 12.5. The molecule has 0 spiro atoms. The summed E-state index contributed by atoms with van der Waals surface area (Å²) in [5.74, 6) is -1.07. The first kappa shape index (κ1) is 26.9. The Morgan fingerprint density at radius 2 is 1.58 bits per heavy atom.